The van der Waals surface area contributed by atoms with E-state index < -0.39 is 14.6 Å². The Balaban J connectivity index is 4.01. The highest BCUT2D eigenvalue weighted by molar-refractivity contribution is 8.26. The van der Waals surface area contributed by atoms with Crippen LogP contribution in [0.2, 0.25) is 0 Å². The maximum Gasteiger partial charge on any atom is 0.440 e. The number of hydrogen-bond acceptors (Lipinski definition) is 4. The van der Waals surface area contributed by atoms with E-state index in [0.29, 0.717) is 12.8 Å². The summed E-state index contributed by atoms with van der Waals surface area (Å²) in [6, 6.07) is 0. The van der Waals surface area contributed by atoms with Crippen LogP contribution in [0, 0.1) is 0 Å². The van der Waals surface area contributed by atoms with Crippen LogP contribution in [0.4, 0.5) is 0 Å². The van der Waals surface area contributed by atoms with Crippen molar-refractivity contribution < 1.29 is 28.0 Å². The van der Waals surface area contributed by atoms with E-state index in [9.17, 15) is 18.9 Å². The number of unbranched alkanes of at least 4 members (excludes halogenated alkanes) is 10. The minimum absolute atomic E-state index is 0.0605. The summed E-state index contributed by atoms with van der Waals surface area (Å²) in [4.78, 5) is 18.6. The smallest absolute Gasteiger partial charge is 0.316 e. The van der Waals surface area contributed by atoms with Gasteiger partial charge in [0.1, 0.15) is 0 Å². The minimum atomic E-state index is -4.91. The Morgan fingerprint density at radius 2 is 0.958 bits per heavy atom. The number of hydrogen-bond donors (Lipinski definition) is 2. The van der Waals surface area contributed by atoms with Crippen molar-refractivity contribution in [3.63, 3.8) is 0 Å². The van der Waals surface area contributed by atoms with Crippen molar-refractivity contribution in [2.24, 2.45) is 0 Å². The van der Waals surface area contributed by atoms with E-state index in [0.717, 1.165) is 51.4 Å². The highest BCUT2D eigenvalue weighted by Crippen LogP contribution is 2.78. The molecule has 0 aromatic carbocycles. The molecule has 0 saturated heterocycles. The zero-order chi connectivity index (χ0) is 18.3. The fraction of sp³-hybridized carbons (Fsp3) is 1.00. The Morgan fingerprint density at radius 1 is 0.625 bits per heavy atom. The second-order valence-electron chi connectivity index (χ2n) is 6.18. The zero-order valence-corrected chi connectivity index (χ0v) is 17.1. The average molecular weight is 386 g/mol. The monoisotopic (exact) mass is 386 g/mol. The van der Waals surface area contributed by atoms with Crippen LogP contribution in [0.3, 0.4) is 0 Å². The van der Waals surface area contributed by atoms with E-state index in [2.05, 4.69) is 13.8 Å². The topological polar surface area (TPSA) is 93.1 Å². The van der Waals surface area contributed by atoms with Crippen LogP contribution in [-0.4, -0.2) is 23.0 Å². The predicted octanol–water partition coefficient (Wildman–Crippen LogP) is 6.03. The molecular weight excluding hydrogens is 350 g/mol. The summed E-state index contributed by atoms with van der Waals surface area (Å²) in [7, 11) is -9.27. The van der Waals surface area contributed by atoms with Crippen molar-refractivity contribution in [3.05, 3.63) is 0 Å². The highest BCUT2D eigenvalue weighted by atomic mass is 32.1. The van der Waals surface area contributed by atoms with Gasteiger partial charge >= 0.3 is 14.6 Å². The molecule has 0 atom stereocenters. The van der Waals surface area contributed by atoms with E-state index in [1.54, 1.807) is 0 Å². The van der Waals surface area contributed by atoms with Gasteiger partial charge in [-0.05, 0) is 12.8 Å². The van der Waals surface area contributed by atoms with Gasteiger partial charge in [-0.25, -0.2) is 9.13 Å². The van der Waals surface area contributed by atoms with E-state index in [1.165, 1.54) is 12.8 Å². The maximum absolute atomic E-state index is 12.3. The largest absolute Gasteiger partial charge is 0.440 e. The summed E-state index contributed by atoms with van der Waals surface area (Å²) < 4.78 is 33.8. The van der Waals surface area contributed by atoms with Gasteiger partial charge in [0.15, 0.2) is 0 Å². The first-order valence-electron chi connectivity index (χ1n) is 9.32. The van der Waals surface area contributed by atoms with Gasteiger partial charge < -0.3 is 18.8 Å². The first-order chi connectivity index (χ1) is 11.4. The summed E-state index contributed by atoms with van der Waals surface area (Å²) >= 11 is 0. The molecule has 0 amide bonds. The quantitative estimate of drug-likeness (QED) is 0.234. The molecule has 0 fully saturated rings. The molecule has 0 aliphatic rings. The molecule has 0 saturated carbocycles. The summed E-state index contributed by atoms with van der Waals surface area (Å²) in [6.07, 6.45) is 12.1. The third-order valence-electron chi connectivity index (χ3n) is 3.82. The molecule has 2 N–H and O–H groups in total. The standard InChI is InChI=1S/C16H36O6P2/c1-3-5-7-9-11-13-15-21-24(20,23(17,18)19)22-16-14-12-10-8-6-4-2/h3-16H2,1-2H3,(H2,17,18,19). The van der Waals surface area contributed by atoms with Gasteiger partial charge in [-0.3, -0.25) is 0 Å². The summed E-state index contributed by atoms with van der Waals surface area (Å²) in [5.74, 6) is 0. The van der Waals surface area contributed by atoms with E-state index in [4.69, 9.17) is 9.05 Å². The van der Waals surface area contributed by atoms with E-state index in [1.807, 2.05) is 0 Å². The lowest BCUT2D eigenvalue weighted by Gasteiger charge is -2.19. The summed E-state index contributed by atoms with van der Waals surface area (Å²) in [5, 5.41) is 0. The van der Waals surface area contributed by atoms with Gasteiger partial charge in [0.25, 0.3) is 0 Å². The van der Waals surface area contributed by atoms with Crippen LogP contribution in [0.15, 0.2) is 0 Å². The molecule has 0 aliphatic carbocycles. The third kappa shape index (κ3) is 11.8. The molecule has 24 heavy (non-hydrogen) atoms. The normalized spacial score (nSPS) is 12.7. The molecule has 0 aromatic rings. The van der Waals surface area contributed by atoms with Gasteiger partial charge in [-0.1, -0.05) is 78.1 Å². The Morgan fingerprint density at radius 3 is 1.29 bits per heavy atom. The van der Waals surface area contributed by atoms with Crippen molar-refractivity contribution in [3.8, 4) is 0 Å². The highest BCUT2D eigenvalue weighted by Gasteiger charge is 2.45. The Labute approximate surface area is 147 Å². The molecule has 0 spiro atoms. The summed E-state index contributed by atoms with van der Waals surface area (Å²) in [5.41, 5.74) is 0. The molecule has 0 bridgehead atoms. The van der Waals surface area contributed by atoms with Crippen molar-refractivity contribution in [1.82, 2.24) is 0 Å². The predicted molar refractivity (Wildman–Crippen MR) is 98.3 cm³/mol. The van der Waals surface area contributed by atoms with Crippen LogP contribution in [-0.2, 0) is 18.2 Å². The van der Waals surface area contributed by atoms with E-state index in [-0.39, 0.29) is 13.2 Å². The lowest BCUT2D eigenvalue weighted by molar-refractivity contribution is 0.201. The summed E-state index contributed by atoms with van der Waals surface area (Å²) in [6.45, 7) is 4.40. The van der Waals surface area contributed by atoms with Crippen LogP contribution < -0.4 is 0 Å². The minimum Gasteiger partial charge on any atom is -0.316 e. The lowest BCUT2D eigenvalue weighted by Crippen LogP contribution is -2.01. The van der Waals surface area contributed by atoms with Crippen LogP contribution >= 0.6 is 14.6 Å². The van der Waals surface area contributed by atoms with Crippen LogP contribution in [0.1, 0.15) is 90.9 Å². The second kappa shape index (κ2) is 14.5. The zero-order valence-electron chi connectivity index (χ0n) is 15.3. The van der Waals surface area contributed by atoms with Crippen LogP contribution in [0.25, 0.3) is 0 Å². The fourth-order valence-corrected chi connectivity index (χ4v) is 4.80. The Kier molecular flexibility index (Phi) is 14.6. The van der Waals surface area contributed by atoms with Gasteiger partial charge in [0.2, 0.25) is 0 Å². The molecule has 0 aromatic heterocycles. The Hall–Kier alpha value is 0.300. The first-order valence-corrected chi connectivity index (χ1v) is 13.2. The molecule has 146 valence electrons. The van der Waals surface area contributed by atoms with Crippen molar-refractivity contribution in [1.29, 1.82) is 0 Å². The Bertz CT molecular complexity index is 361. The average Bonchev–Trinajstić information content (AvgIpc) is 2.52. The molecule has 0 rings (SSSR count). The molecular formula is C16H36O6P2. The van der Waals surface area contributed by atoms with Gasteiger partial charge in [0.05, 0.1) is 13.2 Å². The second-order valence-corrected chi connectivity index (χ2v) is 11.7. The molecule has 0 radical (unpaired) electrons. The van der Waals surface area contributed by atoms with Crippen LogP contribution in [0.5, 0.6) is 0 Å². The molecule has 0 heterocycles. The van der Waals surface area contributed by atoms with Gasteiger partial charge in [0, 0.05) is 0 Å². The maximum atomic E-state index is 12.3. The first kappa shape index (κ1) is 24.3. The van der Waals surface area contributed by atoms with Gasteiger partial charge in [-0.2, -0.15) is 0 Å². The molecule has 8 heteroatoms. The van der Waals surface area contributed by atoms with Crippen molar-refractivity contribution in [2.45, 2.75) is 90.9 Å². The van der Waals surface area contributed by atoms with Crippen molar-refractivity contribution in [2.75, 3.05) is 13.2 Å². The molecule has 0 aliphatic heterocycles. The fourth-order valence-electron chi connectivity index (χ4n) is 2.31. The molecule has 6 nitrogen and oxygen atoms in total. The van der Waals surface area contributed by atoms with Crippen molar-refractivity contribution >= 4 is 14.6 Å². The lowest BCUT2D eigenvalue weighted by atomic mass is 10.1. The third-order valence-corrected chi connectivity index (χ3v) is 8.09. The molecule has 0 unspecified atom stereocenters. The van der Waals surface area contributed by atoms with Gasteiger partial charge in [-0.15, -0.1) is 0 Å². The number of rotatable bonds is 17. The van der Waals surface area contributed by atoms with E-state index >= 15 is 0 Å². The SMILES string of the molecule is CCCCCCCCOP(=O)(OCCCCCCCC)P(=O)(O)O.